The molecule has 0 aliphatic carbocycles. The van der Waals surface area contributed by atoms with Crippen LogP contribution in [0, 0.1) is 0 Å². The van der Waals surface area contributed by atoms with Crippen molar-refractivity contribution in [3.05, 3.63) is 29.8 Å². The van der Waals surface area contributed by atoms with E-state index >= 15 is 0 Å². The number of benzene rings is 1. The van der Waals surface area contributed by atoms with E-state index in [1.165, 1.54) is 10.2 Å². The number of rotatable bonds is 4. The summed E-state index contributed by atoms with van der Waals surface area (Å²) >= 11 is 0. The molecule has 0 fully saturated rings. The fourth-order valence-electron chi connectivity index (χ4n) is 1.72. The number of nitrogens with zero attached hydrogens (tertiary/aromatic N) is 4. The Balaban J connectivity index is 2.46. The maximum Gasteiger partial charge on any atom is 0.331 e. The molecule has 6 heteroatoms. The third-order valence-electron chi connectivity index (χ3n) is 3.14. The minimum atomic E-state index is -1.19. The van der Waals surface area contributed by atoms with Crippen LogP contribution >= 0.6 is 0 Å². The first-order valence-electron chi connectivity index (χ1n) is 6.08. The van der Waals surface area contributed by atoms with Crippen molar-refractivity contribution in [2.45, 2.75) is 32.7 Å². The van der Waals surface area contributed by atoms with Crippen LogP contribution in [0.15, 0.2) is 24.3 Å². The van der Waals surface area contributed by atoms with E-state index in [-0.39, 0.29) is 0 Å². The van der Waals surface area contributed by atoms with E-state index in [0.717, 1.165) is 12.0 Å². The fourth-order valence-corrected chi connectivity index (χ4v) is 1.72. The molecule has 0 radical (unpaired) electrons. The van der Waals surface area contributed by atoms with Gasteiger partial charge in [-0.05, 0) is 36.3 Å². The van der Waals surface area contributed by atoms with E-state index in [4.69, 9.17) is 0 Å². The highest BCUT2D eigenvalue weighted by Gasteiger charge is 2.33. The van der Waals surface area contributed by atoms with Gasteiger partial charge in [0.2, 0.25) is 0 Å². The summed E-state index contributed by atoms with van der Waals surface area (Å²) in [6.45, 7) is 5.21. The van der Waals surface area contributed by atoms with Crippen LogP contribution in [0.2, 0.25) is 0 Å². The molecule has 0 unspecified atom stereocenters. The van der Waals surface area contributed by atoms with Gasteiger partial charge in [-0.15, -0.1) is 5.10 Å². The number of carboxylic acid groups (broad SMARTS) is 1. The highest BCUT2D eigenvalue weighted by molar-refractivity contribution is 5.76. The van der Waals surface area contributed by atoms with Crippen molar-refractivity contribution in [2.24, 2.45) is 0 Å². The van der Waals surface area contributed by atoms with Crippen LogP contribution in [-0.4, -0.2) is 31.3 Å². The van der Waals surface area contributed by atoms with E-state index in [2.05, 4.69) is 22.4 Å². The number of hydrogen-bond donors (Lipinski definition) is 1. The number of aromatic nitrogens is 4. The average molecular weight is 260 g/mol. The molecule has 19 heavy (non-hydrogen) atoms. The normalized spacial score (nSPS) is 11.5. The summed E-state index contributed by atoms with van der Waals surface area (Å²) in [5, 5.41) is 20.6. The number of carbonyl (C=O) groups is 1. The summed E-state index contributed by atoms with van der Waals surface area (Å²) in [5.74, 6) is -0.527. The first-order chi connectivity index (χ1) is 8.96. The summed E-state index contributed by atoms with van der Waals surface area (Å²) in [6, 6.07) is 7.78. The Bertz CT molecular complexity index is 587. The summed E-state index contributed by atoms with van der Waals surface area (Å²) in [7, 11) is 0. The Kier molecular flexibility index (Phi) is 3.33. The second-order valence-electron chi connectivity index (χ2n) is 4.83. The summed E-state index contributed by atoms with van der Waals surface area (Å²) < 4.78 is 1.33. The zero-order valence-electron chi connectivity index (χ0n) is 11.2. The second kappa shape index (κ2) is 4.79. The zero-order valence-corrected chi connectivity index (χ0v) is 11.2. The molecule has 2 aromatic rings. The minimum Gasteiger partial charge on any atom is -0.479 e. The molecular formula is C13H16N4O2. The van der Waals surface area contributed by atoms with Crippen LogP contribution in [0.5, 0.6) is 0 Å². The lowest BCUT2D eigenvalue weighted by molar-refractivity contribution is -0.146. The highest BCUT2D eigenvalue weighted by Crippen LogP contribution is 2.23. The van der Waals surface area contributed by atoms with Gasteiger partial charge in [-0.1, -0.05) is 31.2 Å². The van der Waals surface area contributed by atoms with Crippen molar-refractivity contribution in [3.63, 3.8) is 0 Å². The first kappa shape index (κ1) is 13.2. The quantitative estimate of drug-likeness (QED) is 0.905. The van der Waals surface area contributed by atoms with Gasteiger partial charge in [-0.3, -0.25) is 0 Å². The third-order valence-corrected chi connectivity index (χ3v) is 3.14. The Labute approximate surface area is 111 Å². The summed E-state index contributed by atoms with van der Waals surface area (Å²) in [6.07, 6.45) is 0.950. The lowest BCUT2D eigenvalue weighted by Crippen LogP contribution is -2.37. The molecule has 0 aliphatic rings. The van der Waals surface area contributed by atoms with Crippen LogP contribution in [0.3, 0.4) is 0 Å². The number of tetrazole rings is 1. The largest absolute Gasteiger partial charge is 0.479 e. The molecule has 1 heterocycles. The van der Waals surface area contributed by atoms with Gasteiger partial charge in [0.25, 0.3) is 0 Å². The molecule has 2 rings (SSSR count). The Morgan fingerprint density at radius 1 is 1.32 bits per heavy atom. The van der Waals surface area contributed by atoms with Crippen molar-refractivity contribution in [1.29, 1.82) is 0 Å². The molecule has 6 nitrogen and oxygen atoms in total. The van der Waals surface area contributed by atoms with Gasteiger partial charge < -0.3 is 5.11 Å². The predicted molar refractivity (Wildman–Crippen MR) is 69.6 cm³/mol. The first-order valence-corrected chi connectivity index (χ1v) is 6.08. The predicted octanol–water partition coefficient (Wildman–Crippen LogP) is 1.72. The molecule has 0 aliphatic heterocycles. The minimum absolute atomic E-state index is 0.454. The Morgan fingerprint density at radius 2 is 1.95 bits per heavy atom. The van der Waals surface area contributed by atoms with Crippen molar-refractivity contribution < 1.29 is 9.90 Å². The molecule has 100 valence electrons. The SMILES string of the molecule is CCc1ccc(-c2nnnn2C(C)(C)C(=O)O)cc1. The lowest BCUT2D eigenvalue weighted by Gasteiger charge is -2.20. The standard InChI is InChI=1S/C13H16N4O2/c1-4-9-5-7-10(8-6-9)11-14-15-16-17(11)13(2,3)12(18)19/h5-8H,4H2,1-3H3,(H,18,19). The lowest BCUT2D eigenvalue weighted by atomic mass is 10.0. The van der Waals surface area contributed by atoms with Gasteiger partial charge in [0.1, 0.15) is 0 Å². The van der Waals surface area contributed by atoms with Crippen LogP contribution in [-0.2, 0) is 16.8 Å². The van der Waals surface area contributed by atoms with Crippen LogP contribution in [0.4, 0.5) is 0 Å². The highest BCUT2D eigenvalue weighted by atomic mass is 16.4. The molecule has 0 amide bonds. The van der Waals surface area contributed by atoms with Crippen LogP contribution < -0.4 is 0 Å². The van der Waals surface area contributed by atoms with Gasteiger partial charge in [-0.2, -0.15) is 0 Å². The van der Waals surface area contributed by atoms with Gasteiger partial charge in [0.15, 0.2) is 11.4 Å². The number of aryl methyl sites for hydroxylation is 1. The van der Waals surface area contributed by atoms with Gasteiger partial charge in [0.05, 0.1) is 0 Å². The summed E-state index contributed by atoms with van der Waals surface area (Å²) in [5.41, 5.74) is 0.819. The van der Waals surface area contributed by atoms with E-state index in [1.807, 2.05) is 24.3 Å². The van der Waals surface area contributed by atoms with Crippen molar-refractivity contribution in [3.8, 4) is 11.4 Å². The molecule has 0 bridgehead atoms. The number of carboxylic acids is 1. The van der Waals surface area contributed by atoms with Gasteiger partial charge in [0, 0.05) is 5.56 Å². The number of hydrogen-bond acceptors (Lipinski definition) is 4. The zero-order chi connectivity index (χ0) is 14.0. The molecule has 0 atom stereocenters. The van der Waals surface area contributed by atoms with Crippen molar-refractivity contribution in [2.75, 3.05) is 0 Å². The fraction of sp³-hybridized carbons (Fsp3) is 0.385. The number of aliphatic carboxylic acids is 1. The monoisotopic (exact) mass is 260 g/mol. The van der Waals surface area contributed by atoms with Gasteiger partial charge >= 0.3 is 5.97 Å². The summed E-state index contributed by atoms with van der Waals surface area (Å²) in [4.78, 5) is 11.3. The van der Waals surface area contributed by atoms with Crippen LogP contribution in [0.25, 0.3) is 11.4 Å². The Hall–Kier alpha value is -2.24. The van der Waals surface area contributed by atoms with Crippen molar-refractivity contribution >= 4 is 5.97 Å². The molecule has 1 aromatic carbocycles. The average Bonchev–Trinajstić information content (AvgIpc) is 2.88. The topological polar surface area (TPSA) is 80.9 Å². The maximum absolute atomic E-state index is 11.3. The second-order valence-corrected chi connectivity index (χ2v) is 4.83. The molecule has 0 spiro atoms. The third kappa shape index (κ3) is 2.33. The van der Waals surface area contributed by atoms with Crippen LogP contribution in [0.1, 0.15) is 26.3 Å². The molecular weight excluding hydrogens is 244 g/mol. The molecule has 1 N–H and O–H groups in total. The smallest absolute Gasteiger partial charge is 0.331 e. The van der Waals surface area contributed by atoms with E-state index in [1.54, 1.807) is 13.8 Å². The van der Waals surface area contributed by atoms with Gasteiger partial charge in [-0.25, -0.2) is 9.48 Å². The molecule has 0 saturated heterocycles. The van der Waals surface area contributed by atoms with E-state index in [9.17, 15) is 9.90 Å². The van der Waals surface area contributed by atoms with E-state index in [0.29, 0.717) is 5.82 Å². The molecule has 1 aromatic heterocycles. The molecule has 0 saturated carbocycles. The van der Waals surface area contributed by atoms with E-state index < -0.39 is 11.5 Å². The Morgan fingerprint density at radius 3 is 2.47 bits per heavy atom. The maximum atomic E-state index is 11.3. The van der Waals surface area contributed by atoms with Crippen molar-refractivity contribution in [1.82, 2.24) is 20.2 Å².